The standard InChI is InChI=1S/C21H17Cl2N7O2/c1-2-16(31)29-5-7-30(8-6-29)20-11-3-4-14(25-19(11)26-21(32)27-20)17-12-10-24-28-15(12)9-13(22)18(17)23/h2-4,9-10H,1,5-8H2,(H,24,28)(H,25,26,27,32). The van der Waals surface area contributed by atoms with Gasteiger partial charge in [0, 0.05) is 37.1 Å². The number of hydrogen-bond acceptors (Lipinski definition) is 7. The normalized spacial score (nSPS) is 14.3. The molecular formula is C21H17Cl2N7O2. The number of pyridine rings is 1. The van der Waals surface area contributed by atoms with Crippen molar-refractivity contribution in [3.8, 4) is 17.3 Å². The van der Waals surface area contributed by atoms with Crippen molar-refractivity contribution < 1.29 is 9.90 Å². The zero-order valence-corrected chi connectivity index (χ0v) is 18.2. The number of H-pyrrole nitrogens is 1. The molecule has 0 radical (unpaired) electrons. The number of aromatic hydroxyl groups is 1. The number of hydrogen-bond donors (Lipinski definition) is 2. The van der Waals surface area contributed by atoms with Crippen LogP contribution in [0.5, 0.6) is 6.01 Å². The average molecular weight is 470 g/mol. The van der Waals surface area contributed by atoms with Crippen LogP contribution in [-0.2, 0) is 4.79 Å². The second-order valence-electron chi connectivity index (χ2n) is 7.31. The SMILES string of the molecule is C=CC(=O)N1CCN(c2nc(O)nc3nc(-c4c(Cl)c(Cl)cc5[nH]ncc45)ccc23)CC1. The Kier molecular flexibility index (Phi) is 5.07. The summed E-state index contributed by atoms with van der Waals surface area (Å²) in [4.78, 5) is 28.6. The van der Waals surface area contributed by atoms with Gasteiger partial charge in [0.25, 0.3) is 0 Å². The summed E-state index contributed by atoms with van der Waals surface area (Å²) >= 11 is 12.8. The molecule has 0 spiro atoms. The fourth-order valence-electron chi connectivity index (χ4n) is 3.91. The van der Waals surface area contributed by atoms with E-state index < -0.39 is 0 Å². The van der Waals surface area contributed by atoms with E-state index in [9.17, 15) is 9.90 Å². The topological polar surface area (TPSA) is 111 Å². The van der Waals surface area contributed by atoms with Crippen LogP contribution in [0.2, 0.25) is 10.0 Å². The molecule has 4 aromatic rings. The number of carbonyl (C=O) groups excluding carboxylic acids is 1. The van der Waals surface area contributed by atoms with E-state index >= 15 is 0 Å². The number of aromatic amines is 1. The fourth-order valence-corrected chi connectivity index (χ4v) is 4.37. The molecule has 5 rings (SSSR count). The van der Waals surface area contributed by atoms with Gasteiger partial charge in [0.15, 0.2) is 5.65 Å². The Hall–Kier alpha value is -3.43. The number of halogens is 2. The molecule has 1 saturated heterocycles. The van der Waals surface area contributed by atoms with Crippen molar-refractivity contribution in [2.75, 3.05) is 31.1 Å². The summed E-state index contributed by atoms with van der Waals surface area (Å²) in [6.07, 6.45) is 2.97. The van der Waals surface area contributed by atoms with Gasteiger partial charge in [-0.25, -0.2) is 4.98 Å². The van der Waals surface area contributed by atoms with Crippen molar-refractivity contribution in [2.45, 2.75) is 0 Å². The largest absolute Gasteiger partial charge is 0.479 e. The molecule has 1 amide bonds. The van der Waals surface area contributed by atoms with Gasteiger partial charge in [0.05, 0.1) is 32.8 Å². The number of anilines is 1. The fraction of sp³-hybridized carbons (Fsp3) is 0.190. The molecule has 1 aliphatic heterocycles. The van der Waals surface area contributed by atoms with E-state index in [-0.39, 0.29) is 11.9 Å². The van der Waals surface area contributed by atoms with Gasteiger partial charge in [-0.1, -0.05) is 29.8 Å². The van der Waals surface area contributed by atoms with Crippen LogP contribution in [0, 0.1) is 0 Å². The lowest BCUT2D eigenvalue weighted by atomic mass is 10.1. The number of fused-ring (bicyclic) bond motifs is 2. The van der Waals surface area contributed by atoms with Crippen LogP contribution in [0.15, 0.2) is 37.1 Å². The monoisotopic (exact) mass is 469 g/mol. The third kappa shape index (κ3) is 3.39. The van der Waals surface area contributed by atoms with Crippen LogP contribution in [0.1, 0.15) is 0 Å². The number of piperazine rings is 1. The van der Waals surface area contributed by atoms with E-state index in [4.69, 9.17) is 23.2 Å². The van der Waals surface area contributed by atoms with Gasteiger partial charge in [0.2, 0.25) is 5.91 Å². The maximum absolute atomic E-state index is 11.9. The van der Waals surface area contributed by atoms with Gasteiger partial charge in [-0.3, -0.25) is 9.89 Å². The van der Waals surface area contributed by atoms with Crippen molar-refractivity contribution in [2.24, 2.45) is 0 Å². The summed E-state index contributed by atoms with van der Waals surface area (Å²) in [5.74, 6) is 0.457. The molecule has 0 saturated carbocycles. The van der Waals surface area contributed by atoms with Crippen molar-refractivity contribution >= 4 is 56.9 Å². The first-order valence-electron chi connectivity index (χ1n) is 9.81. The first-order valence-corrected chi connectivity index (χ1v) is 10.6. The molecule has 0 atom stereocenters. The van der Waals surface area contributed by atoms with Crippen LogP contribution in [0.3, 0.4) is 0 Å². The van der Waals surface area contributed by atoms with Crippen molar-refractivity contribution in [1.82, 2.24) is 30.0 Å². The number of benzene rings is 1. The summed E-state index contributed by atoms with van der Waals surface area (Å²) in [6, 6.07) is 4.98. The molecule has 9 nitrogen and oxygen atoms in total. The van der Waals surface area contributed by atoms with Gasteiger partial charge < -0.3 is 14.9 Å². The van der Waals surface area contributed by atoms with Crippen LogP contribution in [0.4, 0.5) is 5.82 Å². The summed E-state index contributed by atoms with van der Waals surface area (Å²) in [6.45, 7) is 5.71. The van der Waals surface area contributed by atoms with Gasteiger partial charge >= 0.3 is 6.01 Å². The van der Waals surface area contributed by atoms with E-state index in [0.717, 1.165) is 10.9 Å². The summed E-state index contributed by atoms with van der Waals surface area (Å²) in [5, 5.41) is 19.3. The molecule has 162 valence electrons. The van der Waals surface area contributed by atoms with E-state index in [1.807, 2.05) is 17.0 Å². The van der Waals surface area contributed by atoms with Crippen molar-refractivity contribution in [3.05, 3.63) is 47.1 Å². The van der Waals surface area contributed by atoms with Crippen LogP contribution < -0.4 is 4.90 Å². The molecule has 4 heterocycles. The van der Waals surface area contributed by atoms with E-state index in [1.54, 1.807) is 17.2 Å². The predicted molar refractivity (Wildman–Crippen MR) is 123 cm³/mol. The van der Waals surface area contributed by atoms with Crippen molar-refractivity contribution in [1.29, 1.82) is 0 Å². The second-order valence-corrected chi connectivity index (χ2v) is 8.10. The van der Waals surface area contributed by atoms with Crippen molar-refractivity contribution in [3.63, 3.8) is 0 Å². The molecule has 0 unspecified atom stereocenters. The zero-order valence-electron chi connectivity index (χ0n) is 16.7. The number of nitrogens with zero attached hydrogens (tertiary/aromatic N) is 6. The molecule has 1 aromatic carbocycles. The third-order valence-electron chi connectivity index (χ3n) is 5.49. The first kappa shape index (κ1) is 20.5. The van der Waals surface area contributed by atoms with E-state index in [1.165, 1.54) is 6.08 Å². The van der Waals surface area contributed by atoms with Gasteiger partial charge in [-0.05, 0) is 24.3 Å². The minimum absolute atomic E-state index is 0.102. The Morgan fingerprint density at radius 3 is 2.66 bits per heavy atom. The third-order valence-corrected chi connectivity index (χ3v) is 6.28. The van der Waals surface area contributed by atoms with E-state index in [0.29, 0.717) is 64.3 Å². The first-order chi connectivity index (χ1) is 15.5. The van der Waals surface area contributed by atoms with Crippen LogP contribution in [0.25, 0.3) is 33.2 Å². The number of carbonyl (C=O) groups is 1. The molecule has 0 aliphatic carbocycles. The molecular weight excluding hydrogens is 453 g/mol. The number of rotatable bonds is 3. The lowest BCUT2D eigenvalue weighted by Crippen LogP contribution is -2.48. The molecule has 0 bridgehead atoms. The Morgan fingerprint density at radius 2 is 1.91 bits per heavy atom. The Balaban J connectivity index is 1.57. The Morgan fingerprint density at radius 1 is 1.12 bits per heavy atom. The predicted octanol–water partition coefficient (Wildman–Crippen LogP) is 3.42. The quantitative estimate of drug-likeness (QED) is 0.442. The molecule has 3 aromatic heterocycles. The molecule has 11 heteroatoms. The number of nitrogens with one attached hydrogen (secondary N) is 1. The maximum Gasteiger partial charge on any atom is 0.317 e. The highest BCUT2D eigenvalue weighted by molar-refractivity contribution is 6.45. The molecule has 32 heavy (non-hydrogen) atoms. The minimum atomic E-state index is -0.382. The number of amides is 1. The summed E-state index contributed by atoms with van der Waals surface area (Å²) < 4.78 is 0. The maximum atomic E-state index is 11.9. The minimum Gasteiger partial charge on any atom is -0.479 e. The lowest BCUT2D eigenvalue weighted by Gasteiger charge is -2.35. The number of aromatic nitrogens is 5. The average Bonchev–Trinajstić information content (AvgIpc) is 3.26. The highest BCUT2D eigenvalue weighted by Crippen LogP contribution is 2.39. The molecule has 1 aliphatic rings. The molecule has 1 fully saturated rings. The van der Waals surface area contributed by atoms with Crippen LogP contribution >= 0.6 is 23.2 Å². The summed E-state index contributed by atoms with van der Waals surface area (Å²) in [7, 11) is 0. The Labute approximate surface area is 192 Å². The zero-order chi connectivity index (χ0) is 22.4. The second kappa shape index (κ2) is 7.92. The Bertz CT molecular complexity index is 1380. The van der Waals surface area contributed by atoms with Gasteiger partial charge in [-0.2, -0.15) is 15.1 Å². The smallest absolute Gasteiger partial charge is 0.317 e. The van der Waals surface area contributed by atoms with Gasteiger partial charge in [0.1, 0.15) is 5.82 Å². The highest BCUT2D eigenvalue weighted by Gasteiger charge is 2.24. The summed E-state index contributed by atoms with van der Waals surface area (Å²) in [5.41, 5.74) is 2.22. The lowest BCUT2D eigenvalue weighted by molar-refractivity contribution is -0.126. The molecule has 2 N–H and O–H groups in total. The van der Waals surface area contributed by atoms with Crippen LogP contribution in [-0.4, -0.2) is 67.2 Å². The highest BCUT2D eigenvalue weighted by atomic mass is 35.5. The van der Waals surface area contributed by atoms with Gasteiger partial charge in [-0.15, -0.1) is 0 Å². The van der Waals surface area contributed by atoms with E-state index in [2.05, 4.69) is 31.7 Å².